The van der Waals surface area contributed by atoms with Gasteiger partial charge in [0.25, 0.3) is 0 Å². The van der Waals surface area contributed by atoms with Gasteiger partial charge < -0.3 is 5.11 Å². The van der Waals surface area contributed by atoms with E-state index in [0.29, 0.717) is 10.8 Å². The van der Waals surface area contributed by atoms with Crippen LogP contribution in [0.25, 0.3) is 10.9 Å². The van der Waals surface area contributed by atoms with Gasteiger partial charge in [-0.25, -0.2) is 4.98 Å². The number of aromatic hydroxyl groups is 1. The first-order valence-electron chi connectivity index (χ1n) is 5.50. The van der Waals surface area contributed by atoms with Crippen molar-refractivity contribution in [3.8, 4) is 5.75 Å². The maximum atomic E-state index is 9.86. The molecule has 2 nitrogen and oxygen atoms in total. The molecule has 2 aromatic rings. The van der Waals surface area contributed by atoms with Crippen LogP contribution in [0.15, 0.2) is 24.3 Å². The van der Waals surface area contributed by atoms with Crippen molar-refractivity contribution in [1.29, 1.82) is 0 Å². The minimum Gasteiger partial charge on any atom is -0.506 e. The molecule has 3 rings (SSSR count). The second-order valence-corrected chi connectivity index (χ2v) is 4.88. The van der Waals surface area contributed by atoms with Crippen LogP contribution < -0.4 is 0 Å². The molecular formula is C13H12ClNO. The van der Waals surface area contributed by atoms with Crippen molar-refractivity contribution in [3.63, 3.8) is 0 Å². The highest BCUT2D eigenvalue weighted by Crippen LogP contribution is 2.35. The fourth-order valence-electron chi connectivity index (χ4n) is 1.91. The first-order valence-corrected chi connectivity index (χ1v) is 5.88. The monoisotopic (exact) mass is 233 g/mol. The van der Waals surface area contributed by atoms with Crippen molar-refractivity contribution in [2.45, 2.75) is 19.3 Å². The van der Waals surface area contributed by atoms with Gasteiger partial charge in [0.15, 0.2) is 0 Å². The van der Waals surface area contributed by atoms with E-state index in [-0.39, 0.29) is 0 Å². The summed E-state index contributed by atoms with van der Waals surface area (Å²) in [6, 6.07) is 7.31. The zero-order chi connectivity index (χ0) is 11.1. The third kappa shape index (κ3) is 1.85. The van der Waals surface area contributed by atoms with Crippen LogP contribution in [0.4, 0.5) is 0 Å². The highest BCUT2D eigenvalue weighted by atomic mass is 35.5. The summed E-state index contributed by atoms with van der Waals surface area (Å²) in [4.78, 5) is 4.48. The molecule has 1 aromatic carbocycles. The second-order valence-electron chi connectivity index (χ2n) is 4.44. The number of aromatic nitrogens is 1. The Bertz CT molecular complexity index is 549. The molecule has 1 fully saturated rings. The molecule has 0 atom stereocenters. The van der Waals surface area contributed by atoms with E-state index in [1.165, 1.54) is 12.8 Å². The van der Waals surface area contributed by atoms with E-state index < -0.39 is 0 Å². The Morgan fingerprint density at radius 2 is 2.12 bits per heavy atom. The molecule has 16 heavy (non-hydrogen) atoms. The molecule has 1 aliphatic rings. The van der Waals surface area contributed by atoms with Crippen LogP contribution in [0.1, 0.15) is 18.5 Å². The maximum Gasteiger partial charge on any atom is 0.137 e. The summed E-state index contributed by atoms with van der Waals surface area (Å²) < 4.78 is 0. The standard InChI is InChI=1S/C13H12ClNO/c14-10-4-3-9-6-13(16)12(5-8-1-2-8)15-11(9)7-10/h3-4,6-8,16H,1-2,5H2. The van der Waals surface area contributed by atoms with E-state index in [2.05, 4.69) is 4.98 Å². The number of nitrogens with zero attached hydrogens (tertiary/aromatic N) is 1. The Hall–Kier alpha value is -1.28. The third-order valence-electron chi connectivity index (χ3n) is 3.01. The van der Waals surface area contributed by atoms with Crippen molar-refractivity contribution in [1.82, 2.24) is 4.98 Å². The zero-order valence-corrected chi connectivity index (χ0v) is 9.54. The smallest absolute Gasteiger partial charge is 0.137 e. The molecule has 82 valence electrons. The highest BCUT2D eigenvalue weighted by molar-refractivity contribution is 6.31. The zero-order valence-electron chi connectivity index (χ0n) is 8.78. The average molecular weight is 234 g/mol. The lowest BCUT2D eigenvalue weighted by Gasteiger charge is -2.05. The molecule has 3 heteroatoms. The number of pyridine rings is 1. The normalized spacial score (nSPS) is 15.6. The molecule has 1 saturated carbocycles. The van der Waals surface area contributed by atoms with Gasteiger partial charge in [0.1, 0.15) is 5.75 Å². The number of hydrogen-bond donors (Lipinski definition) is 1. The van der Waals surface area contributed by atoms with Crippen molar-refractivity contribution in [2.24, 2.45) is 5.92 Å². The molecule has 0 amide bonds. The minimum atomic E-state index is 0.307. The van der Waals surface area contributed by atoms with Crippen LogP contribution in [0.3, 0.4) is 0 Å². The van der Waals surface area contributed by atoms with Gasteiger partial charge in [-0.3, -0.25) is 0 Å². The van der Waals surface area contributed by atoms with E-state index in [1.54, 1.807) is 6.07 Å². The fourth-order valence-corrected chi connectivity index (χ4v) is 2.08. The summed E-state index contributed by atoms with van der Waals surface area (Å²) >= 11 is 5.93. The summed E-state index contributed by atoms with van der Waals surface area (Å²) in [5.41, 5.74) is 1.67. The molecule has 0 spiro atoms. The summed E-state index contributed by atoms with van der Waals surface area (Å²) in [5.74, 6) is 1.02. The lowest BCUT2D eigenvalue weighted by Crippen LogP contribution is -1.93. The van der Waals surface area contributed by atoms with Crippen LogP contribution in [0.5, 0.6) is 5.75 Å². The van der Waals surface area contributed by atoms with Gasteiger partial charge in [0, 0.05) is 10.4 Å². The summed E-state index contributed by atoms with van der Waals surface area (Å²) in [6.45, 7) is 0. The predicted molar refractivity (Wildman–Crippen MR) is 64.8 cm³/mol. The Morgan fingerprint density at radius 1 is 1.31 bits per heavy atom. The maximum absolute atomic E-state index is 9.86. The molecule has 0 radical (unpaired) electrons. The Labute approximate surface area is 98.9 Å². The van der Waals surface area contributed by atoms with Crippen LogP contribution in [0, 0.1) is 5.92 Å². The fraction of sp³-hybridized carbons (Fsp3) is 0.308. The van der Waals surface area contributed by atoms with Gasteiger partial charge >= 0.3 is 0 Å². The molecule has 0 unspecified atom stereocenters. The summed E-state index contributed by atoms with van der Waals surface area (Å²) in [6.07, 6.45) is 3.40. The van der Waals surface area contributed by atoms with Crippen LogP contribution in [-0.2, 0) is 6.42 Å². The van der Waals surface area contributed by atoms with E-state index >= 15 is 0 Å². The van der Waals surface area contributed by atoms with Crippen molar-refractivity contribution >= 4 is 22.5 Å². The minimum absolute atomic E-state index is 0.307. The Morgan fingerprint density at radius 3 is 2.88 bits per heavy atom. The molecule has 0 saturated heterocycles. The molecule has 1 aliphatic carbocycles. The number of benzene rings is 1. The number of rotatable bonds is 2. The summed E-state index contributed by atoms with van der Waals surface area (Å²) in [7, 11) is 0. The van der Waals surface area contributed by atoms with Gasteiger partial charge in [-0.2, -0.15) is 0 Å². The molecule has 1 N–H and O–H groups in total. The molecular weight excluding hydrogens is 222 g/mol. The summed E-state index contributed by atoms with van der Waals surface area (Å²) in [5, 5.41) is 11.5. The van der Waals surface area contributed by atoms with E-state index in [0.717, 1.165) is 28.9 Å². The van der Waals surface area contributed by atoms with Gasteiger partial charge in [-0.15, -0.1) is 0 Å². The predicted octanol–water partition coefficient (Wildman–Crippen LogP) is 3.55. The molecule has 0 aliphatic heterocycles. The number of halogens is 1. The topological polar surface area (TPSA) is 33.1 Å². The number of fused-ring (bicyclic) bond motifs is 1. The molecule has 0 bridgehead atoms. The van der Waals surface area contributed by atoms with E-state index in [1.807, 2.05) is 18.2 Å². The quantitative estimate of drug-likeness (QED) is 0.861. The Kier molecular flexibility index (Phi) is 2.25. The van der Waals surface area contributed by atoms with E-state index in [4.69, 9.17) is 11.6 Å². The first kappa shape index (κ1) is 9.91. The van der Waals surface area contributed by atoms with Gasteiger partial charge in [0.05, 0.1) is 11.2 Å². The van der Waals surface area contributed by atoms with Gasteiger partial charge in [0.2, 0.25) is 0 Å². The number of hydrogen-bond acceptors (Lipinski definition) is 2. The van der Waals surface area contributed by atoms with Crippen molar-refractivity contribution in [2.75, 3.05) is 0 Å². The first-order chi connectivity index (χ1) is 7.72. The van der Waals surface area contributed by atoms with Crippen molar-refractivity contribution < 1.29 is 5.11 Å². The van der Waals surface area contributed by atoms with Crippen LogP contribution in [-0.4, -0.2) is 10.1 Å². The van der Waals surface area contributed by atoms with Gasteiger partial charge in [-0.1, -0.05) is 17.7 Å². The molecule has 1 heterocycles. The van der Waals surface area contributed by atoms with Gasteiger partial charge in [-0.05, 0) is 43.4 Å². The highest BCUT2D eigenvalue weighted by Gasteiger charge is 2.23. The lowest BCUT2D eigenvalue weighted by atomic mass is 10.1. The second kappa shape index (κ2) is 3.63. The largest absolute Gasteiger partial charge is 0.506 e. The SMILES string of the molecule is Oc1cc2ccc(Cl)cc2nc1CC1CC1. The molecule has 1 aromatic heterocycles. The average Bonchev–Trinajstić information content (AvgIpc) is 3.04. The van der Waals surface area contributed by atoms with Crippen LogP contribution in [0.2, 0.25) is 5.02 Å². The third-order valence-corrected chi connectivity index (χ3v) is 3.25. The van der Waals surface area contributed by atoms with E-state index in [9.17, 15) is 5.11 Å². The van der Waals surface area contributed by atoms with Crippen LogP contribution >= 0.6 is 11.6 Å². The Balaban J connectivity index is 2.10. The van der Waals surface area contributed by atoms with Crippen molar-refractivity contribution in [3.05, 3.63) is 35.0 Å². The lowest BCUT2D eigenvalue weighted by molar-refractivity contribution is 0.463.